The van der Waals surface area contributed by atoms with Gasteiger partial charge in [-0.3, -0.25) is 4.79 Å². The van der Waals surface area contributed by atoms with Crippen LogP contribution in [-0.2, 0) is 11.8 Å². The normalized spacial score (nSPS) is 10.8. The lowest BCUT2D eigenvalue weighted by Gasteiger charge is -2.05. The molecule has 0 saturated heterocycles. The topological polar surface area (TPSA) is 55.6 Å². The molecule has 0 bridgehead atoms. The van der Waals surface area contributed by atoms with E-state index in [4.69, 9.17) is 16.3 Å². The number of carbonyl (C=O) groups excluding carboxylic acids is 1. The molecular formula is C15H16ClN3O2. The molecule has 110 valence electrons. The molecule has 1 aromatic heterocycles. The van der Waals surface area contributed by atoms with E-state index < -0.39 is 0 Å². The molecule has 1 N–H and O–H groups in total. The minimum absolute atomic E-state index is 0.121. The SMILES string of the molecule is Cc1ccc(/C=N\NC(=O)COc2cccc(Cl)c2)n1C. The molecule has 0 aliphatic heterocycles. The van der Waals surface area contributed by atoms with Gasteiger partial charge in [-0.25, -0.2) is 5.43 Å². The molecule has 0 unspecified atom stereocenters. The first kappa shape index (κ1) is 15.1. The Bertz CT molecular complexity index is 665. The average molecular weight is 306 g/mol. The first-order valence-electron chi connectivity index (χ1n) is 6.39. The van der Waals surface area contributed by atoms with E-state index in [9.17, 15) is 4.79 Å². The fourth-order valence-electron chi connectivity index (χ4n) is 1.67. The third-order valence-corrected chi connectivity index (χ3v) is 3.20. The summed E-state index contributed by atoms with van der Waals surface area (Å²) in [4.78, 5) is 11.6. The van der Waals surface area contributed by atoms with Gasteiger partial charge in [0.15, 0.2) is 6.61 Å². The largest absolute Gasteiger partial charge is 0.484 e. The zero-order valence-electron chi connectivity index (χ0n) is 11.8. The van der Waals surface area contributed by atoms with Crippen molar-refractivity contribution in [2.24, 2.45) is 12.1 Å². The molecule has 1 heterocycles. The Morgan fingerprint density at radius 3 is 2.90 bits per heavy atom. The van der Waals surface area contributed by atoms with Crippen molar-refractivity contribution in [2.45, 2.75) is 6.92 Å². The Labute approximate surface area is 128 Å². The number of rotatable bonds is 5. The Morgan fingerprint density at radius 2 is 2.24 bits per heavy atom. The number of aryl methyl sites for hydroxylation is 1. The summed E-state index contributed by atoms with van der Waals surface area (Å²) in [5, 5.41) is 4.45. The number of carbonyl (C=O) groups is 1. The molecule has 0 saturated carbocycles. The highest BCUT2D eigenvalue weighted by Crippen LogP contribution is 2.16. The fraction of sp³-hybridized carbons (Fsp3) is 0.200. The first-order chi connectivity index (χ1) is 10.1. The molecule has 0 fully saturated rings. The van der Waals surface area contributed by atoms with Crippen molar-refractivity contribution in [3.05, 3.63) is 52.8 Å². The molecule has 0 aliphatic rings. The number of ether oxygens (including phenoxy) is 1. The molecule has 0 aliphatic carbocycles. The zero-order chi connectivity index (χ0) is 15.2. The summed E-state index contributed by atoms with van der Waals surface area (Å²) in [6.45, 7) is 1.87. The van der Waals surface area contributed by atoms with Crippen LogP contribution in [0.3, 0.4) is 0 Å². The number of aromatic nitrogens is 1. The van der Waals surface area contributed by atoms with Gasteiger partial charge in [0.2, 0.25) is 0 Å². The Hall–Kier alpha value is -2.27. The van der Waals surface area contributed by atoms with Crippen LogP contribution in [0.1, 0.15) is 11.4 Å². The van der Waals surface area contributed by atoms with Crippen molar-refractivity contribution in [2.75, 3.05) is 6.61 Å². The van der Waals surface area contributed by atoms with E-state index in [0.717, 1.165) is 11.4 Å². The van der Waals surface area contributed by atoms with Crippen LogP contribution in [0.2, 0.25) is 5.02 Å². The smallest absolute Gasteiger partial charge is 0.277 e. The number of hydrazone groups is 1. The molecule has 2 aromatic rings. The Kier molecular flexibility index (Phi) is 5.00. The number of nitrogens with zero attached hydrogens (tertiary/aromatic N) is 2. The average Bonchev–Trinajstić information content (AvgIpc) is 2.77. The number of hydrogen-bond acceptors (Lipinski definition) is 3. The quantitative estimate of drug-likeness (QED) is 0.681. The summed E-state index contributed by atoms with van der Waals surface area (Å²) in [5.74, 6) is 0.205. The van der Waals surface area contributed by atoms with E-state index in [1.54, 1.807) is 30.5 Å². The number of hydrogen-bond donors (Lipinski definition) is 1. The first-order valence-corrected chi connectivity index (χ1v) is 6.76. The second-order valence-corrected chi connectivity index (χ2v) is 4.93. The molecule has 0 radical (unpaired) electrons. The predicted molar refractivity (Wildman–Crippen MR) is 82.8 cm³/mol. The van der Waals surface area contributed by atoms with E-state index >= 15 is 0 Å². The van der Waals surface area contributed by atoms with Crippen molar-refractivity contribution < 1.29 is 9.53 Å². The highest BCUT2D eigenvalue weighted by molar-refractivity contribution is 6.30. The molecule has 2 rings (SSSR count). The van der Waals surface area contributed by atoms with Gasteiger partial charge in [0.25, 0.3) is 5.91 Å². The van der Waals surface area contributed by atoms with Gasteiger partial charge in [-0.05, 0) is 37.3 Å². The third-order valence-electron chi connectivity index (χ3n) is 2.96. The van der Waals surface area contributed by atoms with E-state index in [1.165, 1.54) is 0 Å². The summed E-state index contributed by atoms with van der Waals surface area (Å²) in [7, 11) is 1.93. The summed E-state index contributed by atoms with van der Waals surface area (Å²) in [6, 6.07) is 10.8. The second-order valence-electron chi connectivity index (χ2n) is 4.50. The van der Waals surface area contributed by atoms with Crippen molar-refractivity contribution in [3.63, 3.8) is 0 Å². The van der Waals surface area contributed by atoms with Gasteiger partial charge >= 0.3 is 0 Å². The lowest BCUT2D eigenvalue weighted by molar-refractivity contribution is -0.123. The molecule has 21 heavy (non-hydrogen) atoms. The van der Waals surface area contributed by atoms with Gasteiger partial charge in [-0.15, -0.1) is 0 Å². The van der Waals surface area contributed by atoms with Crippen LogP contribution in [0.4, 0.5) is 0 Å². The van der Waals surface area contributed by atoms with Crippen molar-refractivity contribution in [1.29, 1.82) is 0 Å². The van der Waals surface area contributed by atoms with Crippen LogP contribution >= 0.6 is 11.6 Å². The van der Waals surface area contributed by atoms with E-state index in [2.05, 4.69) is 10.5 Å². The molecule has 0 spiro atoms. The van der Waals surface area contributed by atoms with E-state index in [1.807, 2.05) is 30.7 Å². The van der Waals surface area contributed by atoms with E-state index in [0.29, 0.717) is 10.8 Å². The minimum Gasteiger partial charge on any atom is -0.484 e. The molecular weight excluding hydrogens is 290 g/mol. The lowest BCUT2D eigenvalue weighted by atomic mass is 10.3. The van der Waals surface area contributed by atoms with Gasteiger partial charge in [-0.1, -0.05) is 17.7 Å². The highest BCUT2D eigenvalue weighted by atomic mass is 35.5. The maximum Gasteiger partial charge on any atom is 0.277 e. The Balaban J connectivity index is 1.81. The predicted octanol–water partition coefficient (Wildman–Crippen LogP) is 2.52. The summed E-state index contributed by atoms with van der Waals surface area (Å²) in [5.41, 5.74) is 4.44. The molecule has 5 nitrogen and oxygen atoms in total. The van der Waals surface area contributed by atoms with Crippen LogP contribution < -0.4 is 10.2 Å². The summed E-state index contributed by atoms with van der Waals surface area (Å²) >= 11 is 5.82. The van der Waals surface area contributed by atoms with Gasteiger partial charge in [0, 0.05) is 17.8 Å². The zero-order valence-corrected chi connectivity index (χ0v) is 12.6. The fourth-order valence-corrected chi connectivity index (χ4v) is 1.85. The Morgan fingerprint density at radius 1 is 1.43 bits per heavy atom. The molecule has 0 atom stereocenters. The standard InChI is InChI=1S/C15H16ClN3O2/c1-11-6-7-13(19(11)2)9-17-18-15(20)10-21-14-5-3-4-12(16)8-14/h3-9H,10H2,1-2H3,(H,18,20)/b17-9-. The van der Waals surface area contributed by atoms with Gasteiger partial charge < -0.3 is 9.30 Å². The minimum atomic E-state index is -0.336. The van der Waals surface area contributed by atoms with Crippen LogP contribution in [0.25, 0.3) is 0 Å². The van der Waals surface area contributed by atoms with Gasteiger partial charge in [-0.2, -0.15) is 5.10 Å². The molecule has 1 amide bonds. The van der Waals surface area contributed by atoms with Gasteiger partial charge in [0.1, 0.15) is 5.75 Å². The number of nitrogens with one attached hydrogen (secondary N) is 1. The number of halogens is 1. The third kappa shape index (κ3) is 4.36. The van der Waals surface area contributed by atoms with Crippen LogP contribution in [0.15, 0.2) is 41.5 Å². The number of amides is 1. The number of benzene rings is 1. The lowest BCUT2D eigenvalue weighted by Crippen LogP contribution is -2.24. The van der Waals surface area contributed by atoms with Crippen molar-refractivity contribution in [3.8, 4) is 5.75 Å². The molecule has 6 heteroatoms. The summed E-state index contributed by atoms with van der Waals surface area (Å²) < 4.78 is 7.27. The van der Waals surface area contributed by atoms with Crippen molar-refractivity contribution in [1.82, 2.24) is 9.99 Å². The van der Waals surface area contributed by atoms with Crippen LogP contribution in [-0.4, -0.2) is 23.3 Å². The van der Waals surface area contributed by atoms with Crippen LogP contribution in [0.5, 0.6) is 5.75 Å². The van der Waals surface area contributed by atoms with Gasteiger partial charge in [0.05, 0.1) is 11.9 Å². The van der Waals surface area contributed by atoms with Crippen LogP contribution in [0, 0.1) is 6.92 Å². The summed E-state index contributed by atoms with van der Waals surface area (Å²) in [6.07, 6.45) is 1.59. The van der Waals surface area contributed by atoms with Crippen molar-refractivity contribution >= 4 is 23.7 Å². The maximum atomic E-state index is 11.6. The molecule has 1 aromatic carbocycles. The second kappa shape index (κ2) is 6.95. The monoisotopic (exact) mass is 305 g/mol. The maximum absolute atomic E-state index is 11.6. The van der Waals surface area contributed by atoms with E-state index in [-0.39, 0.29) is 12.5 Å². The highest BCUT2D eigenvalue weighted by Gasteiger charge is 2.02.